The molecule has 5 aromatic rings. The molecule has 0 aliphatic carbocycles. The van der Waals surface area contributed by atoms with Gasteiger partial charge in [-0.05, 0) is 129 Å². The number of likely N-dealkylation sites (N-methyl/N-ethyl adjacent to an activating group) is 2. The van der Waals surface area contributed by atoms with Crippen molar-refractivity contribution < 1.29 is 40.1 Å². The lowest BCUT2D eigenvalue weighted by Crippen LogP contribution is -2.25. The van der Waals surface area contributed by atoms with E-state index in [1.54, 1.807) is 61.7 Å². The summed E-state index contributed by atoms with van der Waals surface area (Å²) in [6.45, 7) is 24.9. The molecule has 74 heavy (non-hydrogen) atoms. The molecule has 15 heteroatoms. The SMILES string of the molecule is CC(=NCCN(C)C)c1ccccc1O.CC(=NCCO)c1ccccc1O.CCN(CC)CCN=C(C)c1ccccc1O.CCOCCN=C(C)c1ccccc1O.COCCN=C(C)c1ccccc1O. The highest BCUT2D eigenvalue weighted by Gasteiger charge is 2.06. The number of para-hydroxylation sites is 5. The quantitative estimate of drug-likeness (QED) is 0.0286. The van der Waals surface area contributed by atoms with Gasteiger partial charge in [-0.2, -0.15) is 0 Å². The summed E-state index contributed by atoms with van der Waals surface area (Å²) >= 11 is 0. The molecule has 0 saturated heterocycles. The lowest BCUT2D eigenvalue weighted by atomic mass is 10.1. The van der Waals surface area contributed by atoms with Crippen LogP contribution in [0.4, 0.5) is 0 Å². The van der Waals surface area contributed by atoms with Gasteiger partial charge in [0.2, 0.25) is 0 Å². The number of nitrogens with zero attached hydrogens (tertiary/aromatic N) is 7. The third kappa shape index (κ3) is 27.3. The molecule has 0 aliphatic heterocycles. The normalized spacial score (nSPS) is 11.9. The molecule has 404 valence electrons. The minimum Gasteiger partial charge on any atom is -0.507 e. The fourth-order valence-electron chi connectivity index (χ4n) is 6.59. The standard InChI is InChI=1S/C14H22N2O.C12H18N2O.C12H17NO2.C11H15NO2.C10H13NO2/c1-4-16(5-2)11-10-15-12(3)13-8-6-7-9-14(13)17;1-10(13-8-9-14(2)3)11-6-4-5-7-12(11)15;1-3-15-9-8-13-10(2)11-6-4-5-7-12(11)14;1-9(12-7-8-14-2)10-5-3-4-6-11(10)13;1-8(11-6-7-12)9-4-2-3-5-10(9)13/h6-9,17H,4-5,10-11H2,1-3H3;4-7,15H,8-9H2,1-3H3;4-7,14H,3,8-9H2,1-2H3;3-6,13H,7-8H2,1-2H3;2-5,12-13H,6-7H2,1H3. The minimum atomic E-state index is 0.0327. The van der Waals surface area contributed by atoms with Gasteiger partial charge in [-0.1, -0.05) is 74.5 Å². The van der Waals surface area contributed by atoms with Crippen LogP contribution < -0.4 is 0 Å². The predicted octanol–water partition coefficient (Wildman–Crippen LogP) is 9.58. The topological polar surface area (TPSA) is 208 Å². The van der Waals surface area contributed by atoms with Crippen molar-refractivity contribution in [2.24, 2.45) is 25.0 Å². The number of aliphatic hydroxyl groups is 1. The second-order valence-corrected chi connectivity index (χ2v) is 16.7. The summed E-state index contributed by atoms with van der Waals surface area (Å²) < 4.78 is 10.1. The molecular weight excluding hydrogens is 935 g/mol. The summed E-state index contributed by atoms with van der Waals surface area (Å²) in [5.41, 5.74) is 8.13. The first-order chi connectivity index (χ1) is 35.6. The van der Waals surface area contributed by atoms with Gasteiger partial charge in [-0.25, -0.2) is 0 Å². The fraction of sp³-hybridized carbons (Fsp3) is 0.407. The van der Waals surface area contributed by atoms with E-state index in [1.165, 1.54) is 0 Å². The Morgan fingerprint density at radius 1 is 0.419 bits per heavy atom. The van der Waals surface area contributed by atoms with Gasteiger partial charge in [0.25, 0.3) is 0 Å². The van der Waals surface area contributed by atoms with Crippen molar-refractivity contribution in [1.29, 1.82) is 0 Å². The summed E-state index contributed by atoms with van der Waals surface area (Å²) in [6, 6.07) is 36.0. The molecule has 5 aromatic carbocycles. The third-order valence-corrected chi connectivity index (χ3v) is 10.9. The number of hydrogen-bond acceptors (Lipinski definition) is 15. The molecule has 0 aromatic heterocycles. The Balaban J connectivity index is 0.000000464. The lowest BCUT2D eigenvalue weighted by Gasteiger charge is -2.16. The van der Waals surface area contributed by atoms with Crippen LogP contribution in [0.15, 0.2) is 146 Å². The maximum absolute atomic E-state index is 9.69. The first-order valence-corrected chi connectivity index (χ1v) is 25.1. The van der Waals surface area contributed by atoms with Crippen molar-refractivity contribution in [1.82, 2.24) is 9.80 Å². The molecule has 0 saturated carbocycles. The number of aliphatic imine (C=N–C) groups is 5. The average molecular weight is 1020 g/mol. The van der Waals surface area contributed by atoms with Crippen molar-refractivity contribution in [2.45, 2.75) is 55.4 Å². The Morgan fingerprint density at radius 2 is 0.703 bits per heavy atom. The first-order valence-electron chi connectivity index (χ1n) is 25.1. The Kier molecular flexibility index (Phi) is 35.0. The second kappa shape index (κ2) is 39.7. The number of aliphatic hydroxyl groups excluding tert-OH is 1. The van der Waals surface area contributed by atoms with Crippen LogP contribution >= 0.6 is 0 Å². The predicted molar refractivity (Wildman–Crippen MR) is 308 cm³/mol. The van der Waals surface area contributed by atoms with Crippen LogP contribution in [0.25, 0.3) is 0 Å². The summed E-state index contributed by atoms with van der Waals surface area (Å²) in [7, 11) is 5.68. The number of benzene rings is 5. The van der Waals surface area contributed by atoms with E-state index in [0.29, 0.717) is 51.0 Å². The van der Waals surface area contributed by atoms with Crippen LogP contribution in [0.1, 0.15) is 83.2 Å². The van der Waals surface area contributed by atoms with Crippen molar-refractivity contribution in [3.05, 3.63) is 149 Å². The smallest absolute Gasteiger partial charge is 0.124 e. The van der Waals surface area contributed by atoms with Gasteiger partial charge in [0, 0.05) is 83.2 Å². The molecule has 5 rings (SSSR count). The van der Waals surface area contributed by atoms with E-state index in [-0.39, 0.29) is 23.9 Å². The summed E-state index contributed by atoms with van der Waals surface area (Å²) in [5.74, 6) is 1.36. The molecule has 0 bridgehead atoms. The molecule has 0 radical (unpaired) electrons. The Hall–Kier alpha value is -6.75. The van der Waals surface area contributed by atoms with E-state index >= 15 is 0 Å². The lowest BCUT2D eigenvalue weighted by molar-refractivity contribution is 0.156. The van der Waals surface area contributed by atoms with E-state index in [0.717, 1.165) is 95.6 Å². The zero-order chi connectivity index (χ0) is 55.1. The molecule has 0 unspecified atom stereocenters. The first kappa shape index (κ1) is 65.3. The molecular formula is C59H85N7O8. The third-order valence-electron chi connectivity index (χ3n) is 10.9. The highest BCUT2D eigenvalue weighted by molar-refractivity contribution is 6.03. The maximum Gasteiger partial charge on any atom is 0.124 e. The number of hydrogen-bond donors (Lipinski definition) is 6. The van der Waals surface area contributed by atoms with Crippen molar-refractivity contribution >= 4 is 28.6 Å². The summed E-state index contributed by atoms with van der Waals surface area (Å²) in [5, 5.41) is 56.4. The maximum atomic E-state index is 9.69. The van der Waals surface area contributed by atoms with E-state index < -0.39 is 0 Å². The fourth-order valence-corrected chi connectivity index (χ4v) is 6.59. The number of phenolic OH excluding ortho intramolecular Hbond substituents is 5. The van der Waals surface area contributed by atoms with Crippen molar-refractivity contribution in [3.8, 4) is 28.7 Å². The summed E-state index contributed by atoms with van der Waals surface area (Å²) in [6.07, 6.45) is 0. The molecule has 6 N–H and O–H groups in total. The minimum absolute atomic E-state index is 0.0327. The number of phenols is 5. The van der Waals surface area contributed by atoms with Crippen molar-refractivity contribution in [2.75, 3.05) is 107 Å². The molecule has 0 amide bonds. The zero-order valence-corrected chi connectivity index (χ0v) is 45.9. The van der Waals surface area contributed by atoms with Crippen molar-refractivity contribution in [3.63, 3.8) is 0 Å². The number of rotatable bonds is 22. The van der Waals surface area contributed by atoms with Crippen LogP contribution in [0.2, 0.25) is 0 Å². The molecule has 0 heterocycles. The zero-order valence-electron chi connectivity index (χ0n) is 45.9. The second-order valence-electron chi connectivity index (χ2n) is 16.7. The molecule has 0 spiro atoms. The molecule has 0 atom stereocenters. The summed E-state index contributed by atoms with van der Waals surface area (Å²) in [4.78, 5) is 26.0. The number of aromatic hydroxyl groups is 5. The Labute approximate surface area is 441 Å². The highest BCUT2D eigenvalue weighted by Crippen LogP contribution is 2.20. The number of methoxy groups -OCH3 is 1. The van der Waals surface area contributed by atoms with Crippen LogP contribution in [0, 0.1) is 0 Å². The monoisotopic (exact) mass is 1020 g/mol. The highest BCUT2D eigenvalue weighted by atomic mass is 16.5. The van der Waals surface area contributed by atoms with Gasteiger partial charge < -0.3 is 49.9 Å². The van der Waals surface area contributed by atoms with E-state index in [2.05, 4.69) is 48.6 Å². The number of ether oxygens (including phenoxy) is 2. The largest absolute Gasteiger partial charge is 0.507 e. The van der Waals surface area contributed by atoms with Crippen LogP contribution in [-0.4, -0.2) is 176 Å². The van der Waals surface area contributed by atoms with Gasteiger partial charge in [0.15, 0.2) is 0 Å². The Morgan fingerprint density at radius 3 is 0.973 bits per heavy atom. The van der Waals surface area contributed by atoms with Gasteiger partial charge >= 0.3 is 0 Å². The average Bonchev–Trinajstić information content (AvgIpc) is 3.39. The van der Waals surface area contributed by atoms with Gasteiger partial charge in [0.05, 0.1) is 52.5 Å². The Bertz CT molecular complexity index is 2470. The van der Waals surface area contributed by atoms with Gasteiger partial charge in [-0.3, -0.25) is 25.0 Å². The van der Waals surface area contributed by atoms with E-state index in [9.17, 15) is 25.5 Å². The molecule has 15 nitrogen and oxygen atoms in total. The van der Waals surface area contributed by atoms with E-state index in [1.807, 2.05) is 122 Å². The van der Waals surface area contributed by atoms with Gasteiger partial charge in [0.1, 0.15) is 28.7 Å². The van der Waals surface area contributed by atoms with E-state index in [4.69, 9.17) is 14.6 Å². The van der Waals surface area contributed by atoms with Gasteiger partial charge in [-0.15, -0.1) is 0 Å². The van der Waals surface area contributed by atoms with Crippen LogP contribution in [0.3, 0.4) is 0 Å². The van der Waals surface area contributed by atoms with Crippen LogP contribution in [-0.2, 0) is 9.47 Å². The van der Waals surface area contributed by atoms with Crippen LogP contribution in [0.5, 0.6) is 28.7 Å². The molecule has 0 aliphatic rings. The molecule has 0 fully saturated rings.